The number of nitrogens with zero attached hydrogens (tertiary/aromatic N) is 1. The van der Waals surface area contributed by atoms with Crippen molar-refractivity contribution in [3.8, 4) is 11.6 Å². The molecular formula is C13H12F2N2O. The number of nitrogens with two attached hydrogens (primary N) is 1. The van der Waals surface area contributed by atoms with Crippen molar-refractivity contribution in [3.05, 3.63) is 53.7 Å². The topological polar surface area (TPSA) is 48.1 Å². The third kappa shape index (κ3) is 3.01. The van der Waals surface area contributed by atoms with Gasteiger partial charge in [0.25, 0.3) is 0 Å². The van der Waals surface area contributed by atoms with E-state index in [1.165, 1.54) is 6.20 Å². The lowest BCUT2D eigenvalue weighted by Gasteiger charge is -2.08. The largest absolute Gasteiger partial charge is 0.439 e. The SMILES string of the molecule is C[C@@H](N)c1ccnc(Oc2cc(F)cc(F)c2)c1. The molecule has 0 saturated carbocycles. The number of rotatable bonds is 3. The Morgan fingerprint density at radius 1 is 1.17 bits per heavy atom. The van der Waals surface area contributed by atoms with Crippen LogP contribution in [0.4, 0.5) is 8.78 Å². The third-order valence-electron chi connectivity index (χ3n) is 2.34. The molecule has 0 aliphatic rings. The number of hydrogen-bond donors (Lipinski definition) is 1. The van der Waals surface area contributed by atoms with Gasteiger partial charge in [0.1, 0.15) is 17.4 Å². The van der Waals surface area contributed by atoms with Gasteiger partial charge in [-0.25, -0.2) is 13.8 Å². The molecule has 5 heteroatoms. The lowest BCUT2D eigenvalue weighted by atomic mass is 10.1. The maximum atomic E-state index is 13.0. The number of benzene rings is 1. The summed E-state index contributed by atoms with van der Waals surface area (Å²) >= 11 is 0. The van der Waals surface area contributed by atoms with Gasteiger partial charge in [-0.05, 0) is 18.6 Å². The summed E-state index contributed by atoms with van der Waals surface area (Å²) in [4.78, 5) is 3.95. The van der Waals surface area contributed by atoms with E-state index in [4.69, 9.17) is 10.5 Å². The first kappa shape index (κ1) is 12.4. The van der Waals surface area contributed by atoms with Gasteiger partial charge in [-0.15, -0.1) is 0 Å². The molecule has 2 rings (SSSR count). The van der Waals surface area contributed by atoms with Crippen molar-refractivity contribution in [1.82, 2.24) is 4.98 Å². The van der Waals surface area contributed by atoms with Crippen LogP contribution in [0.2, 0.25) is 0 Å². The first-order valence-corrected chi connectivity index (χ1v) is 5.40. The minimum atomic E-state index is -0.701. The molecule has 1 aromatic heterocycles. The van der Waals surface area contributed by atoms with Gasteiger partial charge < -0.3 is 10.5 Å². The van der Waals surface area contributed by atoms with E-state index in [1.807, 2.05) is 6.92 Å². The lowest BCUT2D eigenvalue weighted by Crippen LogP contribution is -2.05. The van der Waals surface area contributed by atoms with Crippen molar-refractivity contribution >= 4 is 0 Å². The number of pyridine rings is 1. The molecule has 0 saturated heterocycles. The minimum Gasteiger partial charge on any atom is -0.439 e. The predicted molar refractivity (Wildman–Crippen MR) is 63.3 cm³/mol. The van der Waals surface area contributed by atoms with E-state index in [0.717, 1.165) is 23.8 Å². The Kier molecular flexibility index (Phi) is 3.53. The van der Waals surface area contributed by atoms with Crippen LogP contribution in [-0.4, -0.2) is 4.98 Å². The van der Waals surface area contributed by atoms with Crippen LogP contribution < -0.4 is 10.5 Å². The predicted octanol–water partition coefficient (Wildman–Crippen LogP) is 3.17. The number of aromatic nitrogens is 1. The molecule has 1 heterocycles. The van der Waals surface area contributed by atoms with Crippen LogP contribution in [0.5, 0.6) is 11.6 Å². The summed E-state index contributed by atoms with van der Waals surface area (Å²) in [6.45, 7) is 1.82. The lowest BCUT2D eigenvalue weighted by molar-refractivity contribution is 0.450. The molecule has 0 unspecified atom stereocenters. The Hall–Kier alpha value is -2.01. The molecule has 2 aromatic rings. The van der Waals surface area contributed by atoms with Crippen LogP contribution in [0.3, 0.4) is 0 Å². The fraction of sp³-hybridized carbons (Fsp3) is 0.154. The first-order valence-electron chi connectivity index (χ1n) is 5.40. The van der Waals surface area contributed by atoms with Crippen LogP contribution in [0.15, 0.2) is 36.5 Å². The second-order valence-corrected chi connectivity index (χ2v) is 3.92. The normalized spacial score (nSPS) is 12.2. The van der Waals surface area contributed by atoms with E-state index in [0.29, 0.717) is 0 Å². The fourth-order valence-corrected chi connectivity index (χ4v) is 1.47. The van der Waals surface area contributed by atoms with E-state index in [1.54, 1.807) is 12.1 Å². The Morgan fingerprint density at radius 3 is 2.44 bits per heavy atom. The van der Waals surface area contributed by atoms with Gasteiger partial charge in [0, 0.05) is 36.5 Å². The monoisotopic (exact) mass is 250 g/mol. The second-order valence-electron chi connectivity index (χ2n) is 3.92. The smallest absolute Gasteiger partial charge is 0.219 e. The Labute approximate surface area is 103 Å². The van der Waals surface area contributed by atoms with Gasteiger partial charge in [-0.2, -0.15) is 0 Å². The van der Waals surface area contributed by atoms with E-state index in [9.17, 15) is 8.78 Å². The highest BCUT2D eigenvalue weighted by Crippen LogP contribution is 2.23. The summed E-state index contributed by atoms with van der Waals surface area (Å²) < 4.78 is 31.2. The first-order chi connectivity index (χ1) is 8.54. The van der Waals surface area contributed by atoms with E-state index >= 15 is 0 Å². The van der Waals surface area contributed by atoms with Crippen molar-refractivity contribution in [2.45, 2.75) is 13.0 Å². The summed E-state index contributed by atoms with van der Waals surface area (Å²) in [5, 5.41) is 0. The molecular weight excluding hydrogens is 238 g/mol. The molecule has 94 valence electrons. The highest BCUT2D eigenvalue weighted by molar-refractivity contribution is 5.30. The molecule has 1 atom stereocenters. The average molecular weight is 250 g/mol. The number of halogens is 2. The maximum Gasteiger partial charge on any atom is 0.219 e. The highest BCUT2D eigenvalue weighted by Gasteiger charge is 2.06. The Morgan fingerprint density at radius 2 is 1.83 bits per heavy atom. The van der Waals surface area contributed by atoms with Crippen molar-refractivity contribution in [3.63, 3.8) is 0 Å². The summed E-state index contributed by atoms with van der Waals surface area (Å²) in [5.74, 6) is -1.10. The van der Waals surface area contributed by atoms with E-state index in [2.05, 4.69) is 4.98 Å². The summed E-state index contributed by atoms with van der Waals surface area (Å²) in [6.07, 6.45) is 1.53. The van der Waals surface area contributed by atoms with Crippen LogP contribution in [-0.2, 0) is 0 Å². The summed E-state index contributed by atoms with van der Waals surface area (Å²) in [7, 11) is 0. The molecule has 0 aliphatic heterocycles. The van der Waals surface area contributed by atoms with Crippen LogP contribution in [0.25, 0.3) is 0 Å². The molecule has 0 bridgehead atoms. The van der Waals surface area contributed by atoms with E-state index < -0.39 is 11.6 Å². The highest BCUT2D eigenvalue weighted by atomic mass is 19.1. The van der Waals surface area contributed by atoms with Gasteiger partial charge in [0.2, 0.25) is 5.88 Å². The molecule has 1 aromatic carbocycles. The molecule has 0 radical (unpaired) electrons. The zero-order valence-electron chi connectivity index (χ0n) is 9.73. The van der Waals surface area contributed by atoms with Crippen molar-refractivity contribution in [1.29, 1.82) is 0 Å². The van der Waals surface area contributed by atoms with Crippen LogP contribution >= 0.6 is 0 Å². The summed E-state index contributed by atoms with van der Waals surface area (Å²) in [5.41, 5.74) is 6.55. The van der Waals surface area contributed by atoms with Gasteiger partial charge >= 0.3 is 0 Å². The van der Waals surface area contributed by atoms with Gasteiger partial charge in [0.15, 0.2) is 0 Å². The molecule has 18 heavy (non-hydrogen) atoms. The van der Waals surface area contributed by atoms with Gasteiger partial charge in [-0.3, -0.25) is 0 Å². The zero-order valence-corrected chi connectivity index (χ0v) is 9.73. The number of hydrogen-bond acceptors (Lipinski definition) is 3. The van der Waals surface area contributed by atoms with Gasteiger partial charge in [0.05, 0.1) is 0 Å². The second kappa shape index (κ2) is 5.10. The zero-order chi connectivity index (χ0) is 13.1. The third-order valence-corrected chi connectivity index (χ3v) is 2.34. The molecule has 0 aliphatic carbocycles. The molecule has 0 amide bonds. The maximum absolute atomic E-state index is 13.0. The van der Waals surface area contributed by atoms with E-state index in [-0.39, 0.29) is 17.7 Å². The van der Waals surface area contributed by atoms with Crippen LogP contribution in [0, 0.1) is 11.6 Å². The van der Waals surface area contributed by atoms with Crippen molar-refractivity contribution in [2.75, 3.05) is 0 Å². The Balaban J connectivity index is 2.25. The number of ether oxygens (including phenoxy) is 1. The van der Waals surface area contributed by atoms with Crippen LogP contribution in [0.1, 0.15) is 18.5 Å². The quantitative estimate of drug-likeness (QED) is 0.910. The van der Waals surface area contributed by atoms with Crippen molar-refractivity contribution < 1.29 is 13.5 Å². The molecule has 3 nitrogen and oxygen atoms in total. The molecule has 0 spiro atoms. The standard InChI is InChI=1S/C13H12F2N2O/c1-8(16)9-2-3-17-13(4-9)18-12-6-10(14)5-11(15)7-12/h2-8H,16H2,1H3/t8-/m1/s1. The fourth-order valence-electron chi connectivity index (χ4n) is 1.47. The molecule has 0 fully saturated rings. The average Bonchev–Trinajstić information content (AvgIpc) is 2.27. The van der Waals surface area contributed by atoms with Gasteiger partial charge in [-0.1, -0.05) is 0 Å². The Bertz CT molecular complexity index is 538. The van der Waals surface area contributed by atoms with Crippen molar-refractivity contribution in [2.24, 2.45) is 5.73 Å². The minimum absolute atomic E-state index is 0.0572. The molecule has 2 N–H and O–H groups in total. The summed E-state index contributed by atoms with van der Waals surface area (Å²) in [6, 6.07) is 6.17.